The molecule has 0 atom stereocenters. The highest BCUT2D eigenvalue weighted by Crippen LogP contribution is 2.29. The predicted octanol–water partition coefficient (Wildman–Crippen LogP) is 5.17. The Morgan fingerprint density at radius 1 is 1.12 bits per heavy atom. The van der Waals surface area contributed by atoms with E-state index in [0.29, 0.717) is 35.4 Å². The molecule has 1 aromatic carbocycles. The number of aromatic nitrogens is 2. The van der Waals surface area contributed by atoms with Crippen LogP contribution in [0.3, 0.4) is 0 Å². The second-order valence-corrected chi connectivity index (χ2v) is 8.35. The standard InChI is InChI=1S/C24H31F3N6O/c1-3-33(4-2)20-11-9-17(10-12-20)14-29-22-19(13-28)16-31-23(32-22)30-15-18-7-5-6-8-21(18)34-24(25,26)27/h5-8,16-17,20H,3-4,9-12,14-15H2,1-2H3,(H2,29,30,31,32)/t17-,20-. The van der Waals surface area contributed by atoms with Gasteiger partial charge >= 0.3 is 6.36 Å². The van der Waals surface area contributed by atoms with Gasteiger partial charge in [0.2, 0.25) is 5.95 Å². The molecule has 1 aliphatic rings. The van der Waals surface area contributed by atoms with E-state index in [1.165, 1.54) is 24.4 Å². The number of anilines is 2. The number of halogens is 3. The maximum atomic E-state index is 12.6. The van der Waals surface area contributed by atoms with Crippen LogP contribution in [0.2, 0.25) is 0 Å². The maximum absolute atomic E-state index is 12.6. The minimum absolute atomic E-state index is 0.0347. The topological polar surface area (TPSA) is 86.1 Å². The monoisotopic (exact) mass is 476 g/mol. The van der Waals surface area contributed by atoms with Crippen LogP contribution >= 0.6 is 0 Å². The normalized spacial score (nSPS) is 18.4. The van der Waals surface area contributed by atoms with E-state index in [9.17, 15) is 18.4 Å². The van der Waals surface area contributed by atoms with Crippen LogP contribution in [0.1, 0.15) is 50.7 Å². The molecule has 0 unspecified atom stereocenters. The molecule has 7 nitrogen and oxygen atoms in total. The van der Waals surface area contributed by atoms with Crippen LogP contribution < -0.4 is 15.4 Å². The molecule has 2 N–H and O–H groups in total. The lowest BCUT2D eigenvalue weighted by atomic mass is 9.85. The van der Waals surface area contributed by atoms with Crippen molar-refractivity contribution < 1.29 is 17.9 Å². The SMILES string of the molecule is CCN(CC)[C@H]1CC[C@H](CNc2nc(NCc3ccccc3OC(F)(F)F)ncc2C#N)CC1. The molecule has 0 radical (unpaired) electrons. The summed E-state index contributed by atoms with van der Waals surface area (Å²) >= 11 is 0. The summed E-state index contributed by atoms with van der Waals surface area (Å²) < 4.78 is 42.0. The molecule has 1 fully saturated rings. The van der Waals surface area contributed by atoms with Gasteiger partial charge in [0.25, 0.3) is 0 Å². The van der Waals surface area contributed by atoms with Gasteiger partial charge in [-0.1, -0.05) is 32.0 Å². The van der Waals surface area contributed by atoms with E-state index in [1.54, 1.807) is 6.07 Å². The molecule has 0 aliphatic heterocycles. The number of hydrogen-bond acceptors (Lipinski definition) is 7. The van der Waals surface area contributed by atoms with Gasteiger partial charge < -0.3 is 20.3 Å². The first kappa shape index (κ1) is 25.6. The van der Waals surface area contributed by atoms with Gasteiger partial charge in [-0.3, -0.25) is 0 Å². The molecule has 1 saturated carbocycles. The number of ether oxygens (including phenoxy) is 1. The second kappa shape index (κ2) is 11.9. The quantitative estimate of drug-likeness (QED) is 0.489. The van der Waals surface area contributed by atoms with Gasteiger partial charge in [-0.05, 0) is 50.8 Å². The minimum atomic E-state index is -4.78. The predicted molar refractivity (Wildman–Crippen MR) is 124 cm³/mol. The number of alkyl halides is 3. The van der Waals surface area contributed by atoms with Crippen LogP contribution in [-0.4, -0.2) is 46.9 Å². The Morgan fingerprint density at radius 3 is 2.47 bits per heavy atom. The van der Waals surface area contributed by atoms with E-state index in [1.807, 2.05) is 0 Å². The van der Waals surface area contributed by atoms with E-state index in [2.05, 4.69) is 50.2 Å². The van der Waals surface area contributed by atoms with Crippen LogP contribution in [0.5, 0.6) is 5.75 Å². The molecule has 0 bridgehead atoms. The van der Waals surface area contributed by atoms with Gasteiger partial charge in [0.1, 0.15) is 23.2 Å². The van der Waals surface area contributed by atoms with Crippen molar-refractivity contribution in [3.63, 3.8) is 0 Å². The van der Waals surface area contributed by atoms with Crippen LogP contribution in [0, 0.1) is 17.2 Å². The van der Waals surface area contributed by atoms with Crippen molar-refractivity contribution in [1.29, 1.82) is 5.26 Å². The molecule has 0 saturated heterocycles. The van der Waals surface area contributed by atoms with Gasteiger partial charge in [-0.15, -0.1) is 13.2 Å². The number of rotatable bonds is 10. The van der Waals surface area contributed by atoms with Crippen molar-refractivity contribution in [2.45, 2.75) is 58.5 Å². The van der Waals surface area contributed by atoms with Gasteiger partial charge in [-0.2, -0.15) is 10.2 Å². The van der Waals surface area contributed by atoms with Crippen LogP contribution in [0.25, 0.3) is 0 Å². The summed E-state index contributed by atoms with van der Waals surface area (Å²) in [7, 11) is 0. The molecule has 1 aliphatic carbocycles. The Labute approximate surface area is 198 Å². The molecular formula is C24H31F3N6O. The number of nitrogens with one attached hydrogen (secondary N) is 2. The highest BCUT2D eigenvalue weighted by atomic mass is 19.4. The third-order valence-corrected chi connectivity index (χ3v) is 6.25. The number of nitrogens with zero attached hydrogens (tertiary/aromatic N) is 4. The summed E-state index contributed by atoms with van der Waals surface area (Å²) in [4.78, 5) is 11.0. The third kappa shape index (κ3) is 7.22. The van der Waals surface area contributed by atoms with Crippen molar-refractivity contribution in [3.8, 4) is 11.8 Å². The smallest absolute Gasteiger partial charge is 0.405 e. The van der Waals surface area contributed by atoms with Gasteiger partial charge in [-0.25, -0.2) is 4.98 Å². The van der Waals surface area contributed by atoms with Gasteiger partial charge in [0, 0.05) is 24.7 Å². The molecule has 34 heavy (non-hydrogen) atoms. The zero-order valence-electron chi connectivity index (χ0n) is 19.5. The Balaban J connectivity index is 1.59. The Hall–Kier alpha value is -3.06. The summed E-state index contributed by atoms with van der Waals surface area (Å²) in [6.07, 6.45) is 1.18. The fourth-order valence-electron chi connectivity index (χ4n) is 4.43. The molecule has 0 spiro atoms. The van der Waals surface area contributed by atoms with Crippen LogP contribution in [-0.2, 0) is 6.54 Å². The highest BCUT2D eigenvalue weighted by molar-refractivity contribution is 5.53. The lowest BCUT2D eigenvalue weighted by Gasteiger charge is -2.35. The molecular weight excluding hydrogens is 445 g/mol. The van der Waals surface area contributed by atoms with Gasteiger partial charge in [0.05, 0.1) is 6.20 Å². The van der Waals surface area contributed by atoms with Crippen molar-refractivity contribution in [2.75, 3.05) is 30.3 Å². The average Bonchev–Trinajstić information content (AvgIpc) is 2.83. The van der Waals surface area contributed by atoms with Crippen LogP contribution in [0.15, 0.2) is 30.5 Å². The number of benzene rings is 1. The van der Waals surface area contributed by atoms with Crippen LogP contribution in [0.4, 0.5) is 24.9 Å². The fourth-order valence-corrected chi connectivity index (χ4v) is 4.43. The van der Waals surface area contributed by atoms with E-state index in [0.717, 1.165) is 38.8 Å². The van der Waals surface area contributed by atoms with E-state index in [4.69, 9.17) is 0 Å². The minimum Gasteiger partial charge on any atom is -0.405 e. The van der Waals surface area contributed by atoms with E-state index < -0.39 is 6.36 Å². The van der Waals surface area contributed by atoms with Crippen molar-refractivity contribution in [1.82, 2.24) is 14.9 Å². The molecule has 1 aromatic heterocycles. The molecule has 2 aromatic rings. The molecule has 3 rings (SSSR count). The Bertz CT molecular complexity index is 966. The Morgan fingerprint density at radius 2 is 1.82 bits per heavy atom. The first-order chi connectivity index (χ1) is 16.3. The van der Waals surface area contributed by atoms with Crippen molar-refractivity contribution in [3.05, 3.63) is 41.6 Å². The Kier molecular flexibility index (Phi) is 8.93. The molecule has 0 amide bonds. The van der Waals surface area contributed by atoms with Crippen molar-refractivity contribution >= 4 is 11.8 Å². The zero-order chi connectivity index (χ0) is 24.6. The molecule has 10 heteroatoms. The third-order valence-electron chi connectivity index (χ3n) is 6.25. The second-order valence-electron chi connectivity index (χ2n) is 8.35. The summed E-state index contributed by atoms with van der Waals surface area (Å²) in [5.74, 6) is 0.852. The summed E-state index contributed by atoms with van der Waals surface area (Å²) in [6.45, 7) is 7.27. The molecule has 184 valence electrons. The first-order valence-corrected chi connectivity index (χ1v) is 11.7. The summed E-state index contributed by atoms with van der Waals surface area (Å²) in [6, 6.07) is 8.62. The van der Waals surface area contributed by atoms with Crippen molar-refractivity contribution in [2.24, 2.45) is 5.92 Å². The number of para-hydroxylation sites is 1. The maximum Gasteiger partial charge on any atom is 0.573 e. The van der Waals surface area contributed by atoms with E-state index >= 15 is 0 Å². The van der Waals surface area contributed by atoms with E-state index in [-0.39, 0.29) is 18.2 Å². The largest absolute Gasteiger partial charge is 0.573 e. The summed E-state index contributed by atoms with van der Waals surface area (Å²) in [5.41, 5.74) is 0.635. The highest BCUT2D eigenvalue weighted by Gasteiger charge is 2.32. The average molecular weight is 477 g/mol. The first-order valence-electron chi connectivity index (χ1n) is 11.7. The fraction of sp³-hybridized carbons (Fsp3) is 0.542. The van der Waals surface area contributed by atoms with Gasteiger partial charge in [0.15, 0.2) is 0 Å². The zero-order valence-corrected chi connectivity index (χ0v) is 19.5. The summed E-state index contributed by atoms with van der Waals surface area (Å²) in [5, 5.41) is 15.6. The lowest BCUT2D eigenvalue weighted by Crippen LogP contribution is -2.38. The number of nitriles is 1. The number of hydrogen-bond donors (Lipinski definition) is 2. The molecule has 1 heterocycles. The lowest BCUT2D eigenvalue weighted by molar-refractivity contribution is -0.274.